The minimum Gasteiger partial charge on any atom is -0.322 e. The molecule has 0 atom stereocenters. The first-order chi connectivity index (χ1) is 15.8. The van der Waals surface area contributed by atoms with Gasteiger partial charge in [-0.2, -0.15) is 5.10 Å². The van der Waals surface area contributed by atoms with Crippen LogP contribution in [0.5, 0.6) is 0 Å². The number of aromatic nitrogens is 3. The average molecular weight is 480 g/mol. The fourth-order valence-corrected chi connectivity index (χ4v) is 3.76. The second-order valence-electron chi connectivity index (χ2n) is 7.31. The van der Waals surface area contributed by atoms with Crippen LogP contribution in [0.1, 0.15) is 26.4 Å². The van der Waals surface area contributed by atoms with Crippen molar-refractivity contribution in [2.75, 3.05) is 10.6 Å². The number of pyridine rings is 1. The molecule has 7 nitrogen and oxygen atoms in total. The molecule has 0 unspecified atom stereocenters. The van der Waals surface area contributed by atoms with Gasteiger partial charge >= 0.3 is 0 Å². The maximum Gasteiger partial charge on any atom is 0.257 e. The summed E-state index contributed by atoms with van der Waals surface area (Å²) in [5.74, 6) is -0.213. The zero-order chi connectivity index (χ0) is 23.5. The van der Waals surface area contributed by atoms with Crippen LogP contribution in [0.25, 0.3) is 11.3 Å². The van der Waals surface area contributed by atoms with Crippen LogP contribution in [0.15, 0.2) is 66.9 Å². The van der Waals surface area contributed by atoms with Crippen LogP contribution < -0.4 is 10.6 Å². The number of carbonyl (C=O) groups is 2. The van der Waals surface area contributed by atoms with E-state index in [1.54, 1.807) is 48.3 Å². The van der Waals surface area contributed by atoms with Gasteiger partial charge in [0.2, 0.25) is 0 Å². The van der Waals surface area contributed by atoms with Gasteiger partial charge in [-0.1, -0.05) is 29.3 Å². The highest BCUT2D eigenvalue weighted by atomic mass is 35.5. The quantitative estimate of drug-likeness (QED) is 0.389. The molecule has 9 heteroatoms. The zero-order valence-electron chi connectivity index (χ0n) is 17.8. The lowest BCUT2D eigenvalue weighted by Crippen LogP contribution is -2.16. The van der Waals surface area contributed by atoms with Crippen LogP contribution in [0, 0.1) is 6.92 Å². The van der Waals surface area contributed by atoms with Crippen molar-refractivity contribution in [1.82, 2.24) is 14.8 Å². The summed E-state index contributed by atoms with van der Waals surface area (Å²) in [6, 6.07) is 16.9. The number of hydrogen-bond acceptors (Lipinski definition) is 4. The van der Waals surface area contributed by atoms with Crippen molar-refractivity contribution in [3.63, 3.8) is 0 Å². The number of nitrogens with zero attached hydrogens (tertiary/aromatic N) is 3. The fourth-order valence-electron chi connectivity index (χ4n) is 3.28. The Morgan fingerprint density at radius 3 is 2.39 bits per heavy atom. The summed E-state index contributed by atoms with van der Waals surface area (Å²) >= 11 is 12.6. The molecule has 0 aliphatic rings. The fraction of sp³-hybridized carbons (Fsp3) is 0.0833. The second kappa shape index (κ2) is 9.44. The molecular weight excluding hydrogens is 461 g/mol. The molecule has 0 fully saturated rings. The number of hydrogen-bond donors (Lipinski definition) is 2. The van der Waals surface area contributed by atoms with Crippen molar-refractivity contribution in [3.05, 3.63) is 93.7 Å². The van der Waals surface area contributed by atoms with Crippen LogP contribution in [-0.4, -0.2) is 26.6 Å². The third-order valence-corrected chi connectivity index (χ3v) is 5.53. The van der Waals surface area contributed by atoms with E-state index < -0.39 is 5.91 Å². The summed E-state index contributed by atoms with van der Waals surface area (Å²) in [5, 5.41) is 10.5. The van der Waals surface area contributed by atoms with Gasteiger partial charge < -0.3 is 10.6 Å². The largest absolute Gasteiger partial charge is 0.322 e. The number of amides is 2. The van der Waals surface area contributed by atoms with Gasteiger partial charge in [0.15, 0.2) is 0 Å². The molecule has 0 aliphatic heterocycles. The number of rotatable bonds is 5. The molecule has 2 aromatic carbocycles. The van der Waals surface area contributed by atoms with Gasteiger partial charge in [-0.05, 0) is 55.5 Å². The molecule has 2 aromatic heterocycles. The van der Waals surface area contributed by atoms with Crippen molar-refractivity contribution in [3.8, 4) is 11.3 Å². The molecule has 0 bridgehead atoms. The lowest BCUT2D eigenvalue weighted by Gasteiger charge is -2.11. The van der Waals surface area contributed by atoms with Crippen molar-refractivity contribution < 1.29 is 9.59 Å². The maximum absolute atomic E-state index is 12.8. The Morgan fingerprint density at radius 1 is 0.909 bits per heavy atom. The van der Waals surface area contributed by atoms with Gasteiger partial charge in [-0.15, -0.1) is 0 Å². The van der Waals surface area contributed by atoms with Gasteiger partial charge in [0, 0.05) is 36.1 Å². The summed E-state index contributed by atoms with van der Waals surface area (Å²) in [5.41, 5.74) is 3.26. The SMILES string of the molecule is Cc1cc(NC(=O)c2ccc(C(=O)Nc3ccc(Cl)c(-c4ccccn4)c3)c(Cl)c2)n(C)n1. The van der Waals surface area contributed by atoms with E-state index in [0.29, 0.717) is 33.3 Å². The predicted molar refractivity (Wildman–Crippen MR) is 130 cm³/mol. The molecular formula is C24H19Cl2N5O2. The van der Waals surface area contributed by atoms with E-state index in [1.807, 2.05) is 25.1 Å². The molecule has 4 rings (SSSR count). The summed E-state index contributed by atoms with van der Waals surface area (Å²) in [4.78, 5) is 29.7. The van der Waals surface area contributed by atoms with Crippen LogP contribution >= 0.6 is 23.2 Å². The van der Waals surface area contributed by atoms with Crippen molar-refractivity contribution in [2.24, 2.45) is 7.05 Å². The maximum atomic E-state index is 12.8. The third-order valence-electron chi connectivity index (χ3n) is 4.88. The van der Waals surface area contributed by atoms with Gasteiger partial charge in [0.25, 0.3) is 11.8 Å². The van der Waals surface area contributed by atoms with E-state index in [2.05, 4.69) is 20.7 Å². The molecule has 0 radical (unpaired) electrons. The summed E-state index contributed by atoms with van der Waals surface area (Å²) in [6.07, 6.45) is 1.67. The Hall–Kier alpha value is -3.68. The smallest absolute Gasteiger partial charge is 0.257 e. The molecule has 0 spiro atoms. The van der Waals surface area contributed by atoms with Crippen LogP contribution in [0.3, 0.4) is 0 Å². The van der Waals surface area contributed by atoms with Crippen LogP contribution in [0.4, 0.5) is 11.5 Å². The Labute approximate surface area is 200 Å². The van der Waals surface area contributed by atoms with E-state index in [-0.39, 0.29) is 16.5 Å². The number of carbonyl (C=O) groups excluding carboxylic acids is 2. The molecule has 2 N–H and O–H groups in total. The highest BCUT2D eigenvalue weighted by Gasteiger charge is 2.16. The van der Waals surface area contributed by atoms with Gasteiger partial charge in [-0.25, -0.2) is 0 Å². The summed E-state index contributed by atoms with van der Waals surface area (Å²) < 4.78 is 1.57. The van der Waals surface area contributed by atoms with E-state index in [9.17, 15) is 9.59 Å². The van der Waals surface area contributed by atoms with Gasteiger partial charge in [-0.3, -0.25) is 19.3 Å². The molecule has 2 heterocycles. The number of benzene rings is 2. The topological polar surface area (TPSA) is 88.9 Å². The Balaban J connectivity index is 1.51. The summed E-state index contributed by atoms with van der Waals surface area (Å²) in [7, 11) is 1.74. The van der Waals surface area contributed by atoms with Crippen LogP contribution in [0.2, 0.25) is 10.0 Å². The Bertz CT molecular complexity index is 1350. The highest BCUT2D eigenvalue weighted by Crippen LogP contribution is 2.30. The third kappa shape index (κ3) is 5.05. The normalized spacial score (nSPS) is 10.7. The minimum absolute atomic E-state index is 0.153. The van der Waals surface area contributed by atoms with Crippen LogP contribution in [-0.2, 0) is 7.05 Å². The minimum atomic E-state index is -0.413. The van der Waals surface area contributed by atoms with Gasteiger partial charge in [0.05, 0.1) is 27.0 Å². The van der Waals surface area contributed by atoms with E-state index in [0.717, 1.165) is 5.69 Å². The Kier molecular flexibility index (Phi) is 6.44. The van der Waals surface area contributed by atoms with Gasteiger partial charge in [0.1, 0.15) is 5.82 Å². The number of anilines is 2. The molecule has 2 amide bonds. The molecule has 4 aromatic rings. The highest BCUT2D eigenvalue weighted by molar-refractivity contribution is 6.35. The zero-order valence-corrected chi connectivity index (χ0v) is 19.3. The lowest BCUT2D eigenvalue weighted by molar-refractivity contribution is 0.101. The average Bonchev–Trinajstić information content (AvgIpc) is 3.11. The van der Waals surface area contributed by atoms with Crippen molar-refractivity contribution in [2.45, 2.75) is 6.92 Å². The summed E-state index contributed by atoms with van der Waals surface area (Å²) in [6.45, 7) is 1.83. The number of aryl methyl sites for hydroxylation is 2. The predicted octanol–water partition coefficient (Wildman–Crippen LogP) is 5.60. The standard InChI is InChI=1S/C24H19Cl2N5O2/c1-14-11-22(31(2)30-14)29-23(32)15-6-8-17(20(26)12-15)24(33)28-16-7-9-19(25)18(13-16)21-5-3-4-10-27-21/h3-13H,1-2H3,(H,28,33)(H,29,32). The molecule has 166 valence electrons. The van der Waals surface area contributed by atoms with E-state index >= 15 is 0 Å². The van der Waals surface area contributed by atoms with Crippen molar-refractivity contribution >= 4 is 46.5 Å². The second-order valence-corrected chi connectivity index (χ2v) is 8.12. The first-order valence-electron chi connectivity index (χ1n) is 9.95. The first kappa shape index (κ1) is 22.5. The monoisotopic (exact) mass is 479 g/mol. The number of halogens is 2. The lowest BCUT2D eigenvalue weighted by atomic mass is 10.1. The number of nitrogens with one attached hydrogen (secondary N) is 2. The molecule has 0 saturated carbocycles. The van der Waals surface area contributed by atoms with Crippen molar-refractivity contribution in [1.29, 1.82) is 0 Å². The van der Waals surface area contributed by atoms with E-state index in [1.165, 1.54) is 12.1 Å². The molecule has 0 saturated heterocycles. The van der Waals surface area contributed by atoms with E-state index in [4.69, 9.17) is 23.2 Å². The first-order valence-corrected chi connectivity index (χ1v) is 10.7. The Morgan fingerprint density at radius 2 is 1.73 bits per heavy atom. The molecule has 33 heavy (non-hydrogen) atoms. The molecule has 0 aliphatic carbocycles.